The number of carbonyl (C=O) groups excluding carboxylic acids is 1. The SMILES string of the molecule is Cc1cc(-c2cnn3ccc(N4C(=O)OCC4C(C)C)nc23)ccc1-c1ncnn1COCC[Si](C)(C)C. The molecule has 1 aliphatic heterocycles. The number of nitrogens with zero attached hydrogens (tertiary/aromatic N) is 7. The van der Waals surface area contributed by atoms with E-state index < -0.39 is 8.07 Å². The predicted octanol–water partition coefficient (Wildman–Crippen LogP) is 5.26. The molecule has 38 heavy (non-hydrogen) atoms. The molecule has 4 aromatic rings. The van der Waals surface area contributed by atoms with E-state index in [1.165, 1.54) is 0 Å². The van der Waals surface area contributed by atoms with E-state index in [9.17, 15) is 4.79 Å². The molecule has 1 aromatic carbocycles. The van der Waals surface area contributed by atoms with Gasteiger partial charge >= 0.3 is 6.09 Å². The topological polar surface area (TPSA) is 99.7 Å². The number of fused-ring (bicyclic) bond motifs is 1. The van der Waals surface area contributed by atoms with Crippen LogP contribution in [0.5, 0.6) is 0 Å². The Hall–Kier alpha value is -3.57. The first-order valence-electron chi connectivity index (χ1n) is 13.0. The van der Waals surface area contributed by atoms with Crippen LogP contribution >= 0.6 is 0 Å². The molecule has 1 atom stereocenters. The van der Waals surface area contributed by atoms with Gasteiger partial charge in [-0.2, -0.15) is 10.2 Å². The van der Waals surface area contributed by atoms with Crippen molar-refractivity contribution in [1.82, 2.24) is 29.4 Å². The molecule has 1 amide bonds. The number of cyclic esters (lactones) is 1. The van der Waals surface area contributed by atoms with E-state index in [1.54, 1.807) is 32.7 Å². The van der Waals surface area contributed by atoms with Crippen LogP contribution in [0.2, 0.25) is 25.7 Å². The predicted molar refractivity (Wildman–Crippen MR) is 149 cm³/mol. The van der Waals surface area contributed by atoms with E-state index in [-0.39, 0.29) is 18.1 Å². The van der Waals surface area contributed by atoms with Gasteiger partial charge in [0.25, 0.3) is 0 Å². The molecule has 0 bridgehead atoms. The van der Waals surface area contributed by atoms with Crippen LogP contribution in [-0.2, 0) is 16.2 Å². The molecule has 1 unspecified atom stereocenters. The van der Waals surface area contributed by atoms with Gasteiger partial charge in [0, 0.05) is 32.0 Å². The largest absolute Gasteiger partial charge is 0.447 e. The quantitative estimate of drug-likeness (QED) is 0.214. The minimum absolute atomic E-state index is 0.0535. The lowest BCUT2D eigenvalue weighted by Crippen LogP contribution is -2.37. The molecular weight excluding hydrogens is 498 g/mol. The molecule has 3 aromatic heterocycles. The third-order valence-electron chi connectivity index (χ3n) is 6.88. The van der Waals surface area contributed by atoms with E-state index in [0.29, 0.717) is 24.8 Å². The Balaban J connectivity index is 1.41. The lowest BCUT2D eigenvalue weighted by atomic mass is 10.0. The van der Waals surface area contributed by atoms with Crippen molar-refractivity contribution < 1.29 is 14.3 Å². The average Bonchev–Trinajstić information content (AvgIpc) is 3.59. The standard InChI is InChI=1S/C27H35N7O3Si/c1-18(2)23-15-37-27(35)34(23)24-9-10-32-26(31-24)22(14-29-32)20-7-8-21(19(3)13-20)25-28-16-30-33(25)17-36-11-12-38(4,5)6/h7-10,13-14,16,18,23H,11-12,15,17H2,1-6H3. The molecule has 10 nitrogen and oxygen atoms in total. The van der Waals surface area contributed by atoms with Crippen molar-refractivity contribution >= 4 is 25.6 Å². The number of aryl methyl sites for hydroxylation is 1. The molecular formula is C27H35N7O3Si. The molecule has 1 fully saturated rings. The van der Waals surface area contributed by atoms with Crippen molar-refractivity contribution in [3.63, 3.8) is 0 Å². The maximum atomic E-state index is 12.5. The molecule has 5 rings (SSSR count). The zero-order valence-corrected chi connectivity index (χ0v) is 23.9. The first-order chi connectivity index (χ1) is 18.1. The van der Waals surface area contributed by atoms with Crippen molar-refractivity contribution in [2.24, 2.45) is 5.92 Å². The highest BCUT2D eigenvalue weighted by molar-refractivity contribution is 6.76. The van der Waals surface area contributed by atoms with E-state index in [4.69, 9.17) is 14.5 Å². The first kappa shape index (κ1) is 26.1. The Morgan fingerprint density at radius 2 is 1.97 bits per heavy atom. The molecule has 1 saturated heterocycles. The second kappa shape index (κ2) is 10.3. The molecule has 0 saturated carbocycles. The molecule has 4 heterocycles. The second-order valence-corrected chi connectivity index (χ2v) is 17.0. The normalized spacial score (nSPS) is 16.1. The number of anilines is 1. The van der Waals surface area contributed by atoms with Crippen molar-refractivity contribution in [2.75, 3.05) is 18.1 Å². The summed E-state index contributed by atoms with van der Waals surface area (Å²) in [6, 6.07) is 9.05. The van der Waals surface area contributed by atoms with Crippen LogP contribution in [0.4, 0.5) is 10.6 Å². The van der Waals surface area contributed by atoms with Gasteiger partial charge < -0.3 is 9.47 Å². The number of hydrogen-bond donors (Lipinski definition) is 0. The fourth-order valence-corrected chi connectivity index (χ4v) is 5.32. The summed E-state index contributed by atoms with van der Waals surface area (Å²) in [4.78, 5) is 23.5. The van der Waals surface area contributed by atoms with Crippen LogP contribution in [0.3, 0.4) is 0 Å². The van der Waals surface area contributed by atoms with Crippen molar-refractivity contribution in [3.8, 4) is 22.5 Å². The molecule has 0 radical (unpaired) electrons. The minimum atomic E-state index is -1.15. The summed E-state index contributed by atoms with van der Waals surface area (Å²) in [5.41, 5.74) is 4.58. The van der Waals surface area contributed by atoms with Crippen LogP contribution in [0.1, 0.15) is 19.4 Å². The lowest BCUT2D eigenvalue weighted by molar-refractivity contribution is 0.0796. The second-order valence-electron chi connectivity index (χ2n) is 11.3. The molecule has 1 aliphatic rings. The molecule has 11 heteroatoms. The maximum absolute atomic E-state index is 12.5. The van der Waals surface area contributed by atoms with Crippen molar-refractivity contribution in [2.45, 2.75) is 59.2 Å². The van der Waals surface area contributed by atoms with E-state index >= 15 is 0 Å². The maximum Gasteiger partial charge on any atom is 0.415 e. The zero-order valence-electron chi connectivity index (χ0n) is 22.9. The Kier molecular flexibility index (Phi) is 7.06. The Morgan fingerprint density at radius 1 is 1.16 bits per heavy atom. The van der Waals surface area contributed by atoms with Crippen LogP contribution in [0.15, 0.2) is 43.0 Å². The van der Waals surface area contributed by atoms with E-state index in [0.717, 1.165) is 40.7 Å². The number of amides is 1. The Bertz CT molecular complexity index is 1460. The zero-order chi connectivity index (χ0) is 27.0. The molecule has 0 N–H and O–H groups in total. The van der Waals surface area contributed by atoms with Crippen LogP contribution in [0, 0.1) is 12.8 Å². The summed E-state index contributed by atoms with van der Waals surface area (Å²) in [5, 5.41) is 8.87. The average molecular weight is 534 g/mol. The van der Waals surface area contributed by atoms with Gasteiger partial charge in [0.15, 0.2) is 11.5 Å². The number of benzene rings is 1. The van der Waals surface area contributed by atoms with Gasteiger partial charge in [-0.1, -0.05) is 51.7 Å². The third kappa shape index (κ3) is 5.21. The van der Waals surface area contributed by atoms with Gasteiger partial charge in [-0.15, -0.1) is 0 Å². The minimum Gasteiger partial charge on any atom is -0.447 e. The van der Waals surface area contributed by atoms with E-state index in [1.807, 2.05) is 18.3 Å². The van der Waals surface area contributed by atoms with Crippen LogP contribution < -0.4 is 4.90 Å². The highest BCUT2D eigenvalue weighted by Gasteiger charge is 2.37. The van der Waals surface area contributed by atoms with Gasteiger partial charge in [-0.25, -0.2) is 24.0 Å². The van der Waals surface area contributed by atoms with Gasteiger partial charge in [-0.3, -0.25) is 4.90 Å². The van der Waals surface area contributed by atoms with Crippen LogP contribution in [-0.4, -0.2) is 62.8 Å². The monoisotopic (exact) mass is 533 g/mol. The number of hydrogen-bond acceptors (Lipinski definition) is 7. The molecule has 200 valence electrons. The Morgan fingerprint density at radius 3 is 2.71 bits per heavy atom. The Labute approximate surface area is 223 Å². The summed E-state index contributed by atoms with van der Waals surface area (Å²) in [6.45, 7) is 14.7. The fourth-order valence-electron chi connectivity index (χ4n) is 4.57. The highest BCUT2D eigenvalue weighted by atomic mass is 28.3. The number of rotatable bonds is 9. The van der Waals surface area contributed by atoms with Crippen molar-refractivity contribution in [3.05, 3.63) is 48.5 Å². The molecule has 0 spiro atoms. The van der Waals surface area contributed by atoms with Crippen LogP contribution in [0.25, 0.3) is 28.2 Å². The number of carbonyl (C=O) groups is 1. The number of ether oxygens (including phenoxy) is 2. The summed E-state index contributed by atoms with van der Waals surface area (Å²) in [7, 11) is -1.15. The first-order valence-corrected chi connectivity index (χ1v) is 16.7. The smallest absolute Gasteiger partial charge is 0.415 e. The van der Waals surface area contributed by atoms with Gasteiger partial charge in [0.2, 0.25) is 0 Å². The summed E-state index contributed by atoms with van der Waals surface area (Å²) >= 11 is 0. The summed E-state index contributed by atoms with van der Waals surface area (Å²) < 4.78 is 14.8. The lowest BCUT2D eigenvalue weighted by Gasteiger charge is -2.23. The van der Waals surface area contributed by atoms with Gasteiger partial charge in [-0.05, 0) is 36.1 Å². The van der Waals surface area contributed by atoms with Gasteiger partial charge in [0.1, 0.15) is 25.5 Å². The highest BCUT2D eigenvalue weighted by Crippen LogP contribution is 2.31. The van der Waals surface area contributed by atoms with E-state index in [2.05, 4.69) is 61.7 Å². The molecule has 0 aliphatic carbocycles. The van der Waals surface area contributed by atoms with Gasteiger partial charge in [0.05, 0.1) is 12.2 Å². The number of aromatic nitrogens is 6. The summed E-state index contributed by atoms with van der Waals surface area (Å²) in [5.74, 6) is 1.58. The van der Waals surface area contributed by atoms with Crippen molar-refractivity contribution in [1.29, 1.82) is 0 Å². The fraction of sp³-hybridized carbons (Fsp3) is 0.444. The summed E-state index contributed by atoms with van der Waals surface area (Å²) in [6.07, 6.45) is 4.83. The third-order valence-corrected chi connectivity index (χ3v) is 8.58.